The molecule has 0 bridgehead atoms. The minimum atomic E-state index is -3.70. The predicted molar refractivity (Wildman–Crippen MR) is 110 cm³/mol. The molecule has 3 heterocycles. The number of hydrogen-bond donors (Lipinski definition) is 2. The zero-order valence-electron chi connectivity index (χ0n) is 16.8. The normalized spacial score (nSPS) is 23.1. The smallest absolute Gasteiger partial charge is 0.248 e. The fourth-order valence-electron chi connectivity index (χ4n) is 4.00. The molecule has 1 amide bonds. The van der Waals surface area contributed by atoms with E-state index in [1.807, 2.05) is 24.3 Å². The van der Waals surface area contributed by atoms with Gasteiger partial charge in [0.05, 0.1) is 0 Å². The van der Waals surface area contributed by atoms with Gasteiger partial charge in [-0.05, 0) is 38.0 Å². The number of halogens is 1. The summed E-state index contributed by atoms with van der Waals surface area (Å²) in [5.41, 5.74) is 7.58. The Labute approximate surface area is 180 Å². The molecule has 2 aliphatic heterocycles. The molecule has 30 heavy (non-hydrogen) atoms. The summed E-state index contributed by atoms with van der Waals surface area (Å²) in [5.74, 6) is 0.237. The molecule has 162 valence electrons. The number of hydrogen-bond acceptors (Lipinski definition) is 7. The summed E-state index contributed by atoms with van der Waals surface area (Å²) in [6.07, 6.45) is 0.594. The number of piperazine rings is 1. The number of benzene rings is 1. The molecule has 4 rings (SSSR count). The Balaban J connectivity index is 1.37. The molecule has 2 N–H and O–H groups in total. The summed E-state index contributed by atoms with van der Waals surface area (Å²) in [5, 5.41) is 4.39. The van der Waals surface area contributed by atoms with E-state index in [2.05, 4.69) is 16.0 Å². The SMILES string of the molecule is Cc1noc(C)c1S(=O)(=O)N1CCN(C(=O)C2CC(c3cccc(Cl)c3)NN2)CC1. The van der Waals surface area contributed by atoms with Crippen molar-refractivity contribution in [1.82, 2.24) is 25.2 Å². The highest BCUT2D eigenvalue weighted by Crippen LogP contribution is 2.27. The second-order valence-corrected chi connectivity index (χ2v) is 9.88. The molecule has 2 saturated heterocycles. The number of hydrazine groups is 1. The number of amides is 1. The summed E-state index contributed by atoms with van der Waals surface area (Å²) < 4.78 is 32.3. The number of aryl methyl sites for hydroxylation is 2. The molecule has 0 saturated carbocycles. The highest BCUT2D eigenvalue weighted by atomic mass is 35.5. The Morgan fingerprint density at radius 1 is 1.20 bits per heavy atom. The second-order valence-electron chi connectivity index (χ2n) is 7.57. The first-order valence-electron chi connectivity index (χ1n) is 9.75. The lowest BCUT2D eigenvalue weighted by molar-refractivity contribution is -0.134. The molecule has 2 aromatic rings. The summed E-state index contributed by atoms with van der Waals surface area (Å²) in [4.78, 5) is 14.8. The fourth-order valence-corrected chi connectivity index (χ4v) is 5.91. The summed E-state index contributed by atoms with van der Waals surface area (Å²) in [6.45, 7) is 4.33. The predicted octanol–water partition coefficient (Wildman–Crippen LogP) is 1.39. The van der Waals surface area contributed by atoms with Crippen molar-refractivity contribution in [2.24, 2.45) is 0 Å². The molecular weight excluding hydrogens is 430 g/mol. The van der Waals surface area contributed by atoms with E-state index in [0.29, 0.717) is 30.2 Å². The maximum Gasteiger partial charge on any atom is 0.248 e. The number of nitrogens with zero attached hydrogens (tertiary/aromatic N) is 3. The maximum atomic E-state index is 12.9. The Hall–Kier alpha value is -1.98. The van der Waals surface area contributed by atoms with Crippen molar-refractivity contribution in [3.63, 3.8) is 0 Å². The van der Waals surface area contributed by atoms with Gasteiger partial charge in [-0.2, -0.15) is 4.31 Å². The monoisotopic (exact) mass is 453 g/mol. The van der Waals surface area contributed by atoms with Crippen molar-refractivity contribution in [2.75, 3.05) is 26.2 Å². The first-order chi connectivity index (χ1) is 14.3. The van der Waals surface area contributed by atoms with E-state index in [9.17, 15) is 13.2 Å². The van der Waals surface area contributed by atoms with E-state index < -0.39 is 10.0 Å². The molecule has 11 heteroatoms. The van der Waals surface area contributed by atoms with Gasteiger partial charge in [0.25, 0.3) is 0 Å². The number of carbonyl (C=O) groups excluding carboxylic acids is 1. The fraction of sp³-hybridized carbons (Fsp3) is 0.474. The van der Waals surface area contributed by atoms with Crippen LogP contribution in [0.2, 0.25) is 5.02 Å². The van der Waals surface area contributed by atoms with E-state index in [1.54, 1.807) is 18.7 Å². The van der Waals surface area contributed by atoms with Gasteiger partial charge < -0.3 is 9.42 Å². The summed E-state index contributed by atoms with van der Waals surface area (Å²) >= 11 is 6.06. The number of rotatable bonds is 4. The molecule has 2 fully saturated rings. The van der Waals surface area contributed by atoms with Crippen molar-refractivity contribution in [3.8, 4) is 0 Å². The van der Waals surface area contributed by atoms with Crippen LogP contribution in [0.5, 0.6) is 0 Å². The van der Waals surface area contributed by atoms with Gasteiger partial charge in [0.15, 0.2) is 5.76 Å². The molecule has 0 radical (unpaired) electrons. The number of nitrogens with one attached hydrogen (secondary N) is 2. The van der Waals surface area contributed by atoms with Gasteiger partial charge in [-0.25, -0.2) is 19.3 Å². The van der Waals surface area contributed by atoms with Crippen LogP contribution in [0.4, 0.5) is 0 Å². The first-order valence-corrected chi connectivity index (χ1v) is 11.6. The number of sulfonamides is 1. The molecule has 0 spiro atoms. The minimum absolute atomic E-state index is 0.0149. The van der Waals surface area contributed by atoms with Gasteiger partial charge in [0, 0.05) is 37.2 Å². The third-order valence-electron chi connectivity index (χ3n) is 5.57. The minimum Gasteiger partial charge on any atom is -0.360 e. The summed E-state index contributed by atoms with van der Waals surface area (Å²) in [6, 6.07) is 7.15. The van der Waals surface area contributed by atoms with Gasteiger partial charge in [-0.1, -0.05) is 28.9 Å². The van der Waals surface area contributed by atoms with E-state index in [4.69, 9.17) is 16.1 Å². The Bertz CT molecular complexity index is 1030. The molecule has 1 aromatic carbocycles. The Kier molecular flexibility index (Phi) is 5.86. The van der Waals surface area contributed by atoms with Gasteiger partial charge in [0.2, 0.25) is 15.9 Å². The second kappa shape index (κ2) is 8.27. The van der Waals surface area contributed by atoms with Crippen molar-refractivity contribution < 1.29 is 17.7 Å². The zero-order chi connectivity index (χ0) is 21.5. The highest BCUT2D eigenvalue weighted by Gasteiger charge is 2.37. The van der Waals surface area contributed by atoms with Crippen LogP contribution in [0, 0.1) is 13.8 Å². The molecule has 2 atom stereocenters. The lowest BCUT2D eigenvalue weighted by Gasteiger charge is -2.35. The largest absolute Gasteiger partial charge is 0.360 e. The van der Waals surface area contributed by atoms with Crippen LogP contribution in [0.1, 0.15) is 29.5 Å². The lowest BCUT2D eigenvalue weighted by atomic mass is 10.0. The zero-order valence-corrected chi connectivity index (χ0v) is 18.3. The van der Waals surface area contributed by atoms with E-state index in [1.165, 1.54) is 4.31 Å². The third-order valence-corrected chi connectivity index (χ3v) is 7.95. The van der Waals surface area contributed by atoms with Crippen molar-refractivity contribution in [3.05, 3.63) is 46.3 Å². The van der Waals surface area contributed by atoms with Crippen LogP contribution in [-0.4, -0.2) is 60.9 Å². The van der Waals surface area contributed by atoms with Crippen molar-refractivity contribution >= 4 is 27.5 Å². The number of carbonyl (C=O) groups is 1. The van der Waals surface area contributed by atoms with E-state index in [-0.39, 0.29) is 41.7 Å². The third kappa shape index (κ3) is 3.97. The molecule has 9 nitrogen and oxygen atoms in total. The Morgan fingerprint density at radius 2 is 1.93 bits per heavy atom. The van der Waals surface area contributed by atoms with Crippen molar-refractivity contribution in [2.45, 2.75) is 37.2 Å². The van der Waals surface area contributed by atoms with Crippen LogP contribution < -0.4 is 10.9 Å². The Morgan fingerprint density at radius 3 is 2.57 bits per heavy atom. The van der Waals surface area contributed by atoms with Gasteiger partial charge in [-0.3, -0.25) is 4.79 Å². The lowest BCUT2D eigenvalue weighted by Crippen LogP contribution is -2.54. The average molecular weight is 454 g/mol. The van der Waals surface area contributed by atoms with Crippen LogP contribution in [-0.2, 0) is 14.8 Å². The average Bonchev–Trinajstić information content (AvgIpc) is 3.34. The van der Waals surface area contributed by atoms with Crippen molar-refractivity contribution in [1.29, 1.82) is 0 Å². The first kappa shape index (κ1) is 21.3. The van der Waals surface area contributed by atoms with E-state index >= 15 is 0 Å². The van der Waals surface area contributed by atoms with Crippen LogP contribution in [0.25, 0.3) is 0 Å². The quantitative estimate of drug-likeness (QED) is 0.720. The molecule has 1 aromatic heterocycles. The van der Waals surface area contributed by atoms with Crippen LogP contribution in [0.3, 0.4) is 0 Å². The maximum absolute atomic E-state index is 12.9. The molecule has 2 unspecified atom stereocenters. The van der Waals surface area contributed by atoms with Crippen LogP contribution in [0.15, 0.2) is 33.7 Å². The molecule has 2 aliphatic rings. The van der Waals surface area contributed by atoms with Gasteiger partial charge in [-0.15, -0.1) is 0 Å². The topological polar surface area (TPSA) is 108 Å². The standard InChI is InChI=1S/C19H24ClN5O4S/c1-12-18(13(2)29-23-12)30(27,28)25-8-6-24(7-9-25)19(26)17-11-16(21-22-17)14-4-3-5-15(20)10-14/h3-5,10,16-17,21-22H,6-9,11H2,1-2H3. The number of aromatic nitrogens is 1. The van der Waals surface area contributed by atoms with Gasteiger partial charge >= 0.3 is 0 Å². The molecular formula is C19H24ClN5O4S. The van der Waals surface area contributed by atoms with Gasteiger partial charge in [0.1, 0.15) is 16.6 Å². The van der Waals surface area contributed by atoms with E-state index in [0.717, 1.165) is 5.56 Å². The summed E-state index contributed by atoms with van der Waals surface area (Å²) in [7, 11) is -3.70. The highest BCUT2D eigenvalue weighted by molar-refractivity contribution is 7.89. The molecule has 0 aliphatic carbocycles. The van der Waals surface area contributed by atoms with Crippen LogP contribution >= 0.6 is 11.6 Å².